The number of hydrogen-bond acceptors (Lipinski definition) is 7. The van der Waals surface area contributed by atoms with E-state index in [0.717, 1.165) is 38.5 Å². The van der Waals surface area contributed by atoms with Crippen molar-refractivity contribution < 1.29 is 28.6 Å². The maximum Gasteiger partial charge on any atom is 0.310 e. The van der Waals surface area contributed by atoms with Gasteiger partial charge < -0.3 is 19.5 Å². The van der Waals surface area contributed by atoms with Crippen LogP contribution >= 0.6 is 23.2 Å². The number of unbranched alkanes of at least 4 members (excludes halogenated alkanes) is 24. The Morgan fingerprint density at radius 1 is 0.500 bits per heavy atom. The first-order valence-corrected chi connectivity index (χ1v) is 23.9. The average molecular weight is 847 g/mol. The lowest BCUT2D eigenvalue weighted by Crippen LogP contribution is -2.31. The Bertz CT molecular complexity index is 1300. The van der Waals surface area contributed by atoms with Crippen LogP contribution in [0.25, 0.3) is 0 Å². The van der Waals surface area contributed by atoms with Crippen molar-refractivity contribution in [1.29, 1.82) is 0 Å². The first-order valence-electron chi connectivity index (χ1n) is 23.1. The van der Waals surface area contributed by atoms with Crippen molar-refractivity contribution in [3.05, 3.63) is 58.1 Å². The Morgan fingerprint density at radius 3 is 1.29 bits per heavy atom. The van der Waals surface area contributed by atoms with Crippen LogP contribution < -0.4 is 5.32 Å². The normalized spacial score (nSPS) is 11.2. The summed E-state index contributed by atoms with van der Waals surface area (Å²) in [4.78, 5) is 38.7. The lowest BCUT2D eigenvalue weighted by Gasteiger charge is -2.19. The second-order valence-electron chi connectivity index (χ2n) is 16.0. The lowest BCUT2D eigenvalue weighted by molar-refractivity contribution is -0.166. The van der Waals surface area contributed by atoms with Crippen molar-refractivity contribution >= 4 is 52.5 Å². The van der Waals surface area contributed by atoms with E-state index in [2.05, 4.69) is 19.2 Å². The number of ether oxygens (including phenoxy) is 3. The SMILES string of the molecule is CCCCCCCCCCCCCCCC(=O)OCC(COC(=O)CCCCCCCCCCCCCCC)OC(=O)Cc1ccccc1Nc1c(Cl)cccc1Cl. The third kappa shape index (κ3) is 26.4. The summed E-state index contributed by atoms with van der Waals surface area (Å²) in [5, 5.41) is 4.14. The van der Waals surface area contributed by atoms with Gasteiger partial charge in [-0.15, -0.1) is 0 Å². The summed E-state index contributed by atoms with van der Waals surface area (Å²) in [7, 11) is 0. The Labute approximate surface area is 362 Å². The number of para-hydroxylation sites is 2. The van der Waals surface area contributed by atoms with Crippen LogP contribution in [-0.4, -0.2) is 37.2 Å². The zero-order valence-corrected chi connectivity index (χ0v) is 37.8. The Balaban J connectivity index is 1.77. The van der Waals surface area contributed by atoms with Gasteiger partial charge in [0.15, 0.2) is 6.10 Å². The van der Waals surface area contributed by atoms with E-state index < -0.39 is 12.1 Å². The third-order valence-electron chi connectivity index (χ3n) is 10.7. The maximum absolute atomic E-state index is 13.3. The zero-order valence-electron chi connectivity index (χ0n) is 36.2. The van der Waals surface area contributed by atoms with E-state index >= 15 is 0 Å². The fraction of sp³-hybridized carbons (Fsp3) is 0.694. The average Bonchev–Trinajstić information content (AvgIpc) is 3.21. The summed E-state index contributed by atoms with van der Waals surface area (Å²) < 4.78 is 16.9. The molecule has 58 heavy (non-hydrogen) atoms. The number of anilines is 2. The van der Waals surface area contributed by atoms with Gasteiger partial charge in [0.25, 0.3) is 0 Å². The second-order valence-corrected chi connectivity index (χ2v) is 16.8. The summed E-state index contributed by atoms with van der Waals surface area (Å²) in [6, 6.07) is 12.5. The van der Waals surface area contributed by atoms with Crippen LogP contribution in [0, 0.1) is 0 Å². The molecule has 0 unspecified atom stereocenters. The van der Waals surface area contributed by atoms with Gasteiger partial charge in [-0.2, -0.15) is 0 Å². The molecule has 2 aromatic carbocycles. The molecule has 0 amide bonds. The van der Waals surface area contributed by atoms with E-state index in [9.17, 15) is 14.4 Å². The molecular formula is C49H77Cl2NO6. The van der Waals surface area contributed by atoms with Crippen LogP contribution in [0.15, 0.2) is 42.5 Å². The van der Waals surface area contributed by atoms with Gasteiger partial charge in [-0.3, -0.25) is 14.4 Å². The highest BCUT2D eigenvalue weighted by Crippen LogP contribution is 2.33. The molecule has 1 N–H and O–H groups in total. The molecule has 0 fully saturated rings. The predicted molar refractivity (Wildman–Crippen MR) is 242 cm³/mol. The molecule has 0 aliphatic carbocycles. The van der Waals surface area contributed by atoms with Crippen LogP contribution in [0.4, 0.5) is 11.4 Å². The fourth-order valence-electron chi connectivity index (χ4n) is 7.14. The molecule has 0 saturated heterocycles. The second kappa shape index (κ2) is 35.0. The van der Waals surface area contributed by atoms with Crippen molar-refractivity contribution in [3.8, 4) is 0 Å². The quantitative estimate of drug-likeness (QED) is 0.0411. The molecule has 0 heterocycles. The molecule has 0 aromatic heterocycles. The molecule has 0 spiro atoms. The smallest absolute Gasteiger partial charge is 0.310 e. The van der Waals surface area contributed by atoms with Crippen LogP contribution in [0.1, 0.15) is 199 Å². The minimum atomic E-state index is -0.920. The molecule has 2 rings (SSSR count). The summed E-state index contributed by atoms with van der Waals surface area (Å²) >= 11 is 12.8. The zero-order chi connectivity index (χ0) is 41.9. The number of carbonyl (C=O) groups excluding carboxylic acids is 3. The molecular weight excluding hydrogens is 769 g/mol. The van der Waals surface area contributed by atoms with Gasteiger partial charge in [0.05, 0.1) is 22.2 Å². The van der Waals surface area contributed by atoms with Crippen LogP contribution in [-0.2, 0) is 35.0 Å². The highest BCUT2D eigenvalue weighted by atomic mass is 35.5. The monoisotopic (exact) mass is 846 g/mol. The van der Waals surface area contributed by atoms with E-state index in [1.165, 1.54) is 128 Å². The van der Waals surface area contributed by atoms with Crippen LogP contribution in [0.3, 0.4) is 0 Å². The van der Waals surface area contributed by atoms with Gasteiger partial charge in [0.1, 0.15) is 13.2 Å². The molecule has 0 atom stereocenters. The number of esters is 3. The van der Waals surface area contributed by atoms with Gasteiger partial charge in [-0.05, 0) is 36.6 Å². The minimum absolute atomic E-state index is 0.0679. The largest absolute Gasteiger partial charge is 0.462 e. The summed E-state index contributed by atoms with van der Waals surface area (Å²) in [5.41, 5.74) is 1.86. The van der Waals surface area contributed by atoms with Crippen LogP contribution in [0.2, 0.25) is 10.0 Å². The Hall–Kier alpha value is -2.77. The van der Waals surface area contributed by atoms with E-state index in [1.807, 2.05) is 24.3 Å². The number of rotatable bonds is 37. The summed E-state index contributed by atoms with van der Waals surface area (Å²) in [5.74, 6) is -1.22. The molecule has 2 aromatic rings. The predicted octanol–water partition coefficient (Wildman–Crippen LogP) is 15.2. The highest BCUT2D eigenvalue weighted by molar-refractivity contribution is 6.39. The summed E-state index contributed by atoms with van der Waals surface area (Å²) in [6.07, 6.45) is 31.6. The number of nitrogens with one attached hydrogen (secondary N) is 1. The molecule has 0 aliphatic heterocycles. The Kier molecular flexibility index (Phi) is 31.0. The van der Waals surface area contributed by atoms with Gasteiger partial charge in [-0.25, -0.2) is 0 Å². The van der Waals surface area contributed by atoms with Crippen LogP contribution in [0.5, 0.6) is 0 Å². The molecule has 0 aliphatic rings. The molecule has 328 valence electrons. The summed E-state index contributed by atoms with van der Waals surface area (Å²) in [6.45, 7) is 4.16. The van der Waals surface area contributed by atoms with Gasteiger partial charge >= 0.3 is 17.9 Å². The topological polar surface area (TPSA) is 90.9 Å². The number of hydrogen-bond donors (Lipinski definition) is 1. The molecule has 7 nitrogen and oxygen atoms in total. The standard InChI is InChI=1S/C49H77Cl2NO6/c1-3-5-7-9-11-13-15-17-19-21-23-25-27-36-46(53)56-39-42(40-57-47(54)37-28-26-24-22-20-18-16-14-12-10-8-6-4-2)58-48(55)38-41-32-29-30-35-45(41)52-49-43(50)33-31-34-44(49)51/h29-35,42,52H,3-28,36-40H2,1-2H3. The minimum Gasteiger partial charge on any atom is -0.462 e. The lowest BCUT2D eigenvalue weighted by atomic mass is 10.0. The third-order valence-corrected chi connectivity index (χ3v) is 11.3. The Morgan fingerprint density at radius 2 is 0.879 bits per heavy atom. The van der Waals surface area contributed by atoms with E-state index in [-0.39, 0.29) is 31.6 Å². The number of benzene rings is 2. The molecule has 0 saturated carbocycles. The van der Waals surface area contributed by atoms with Gasteiger partial charge in [0.2, 0.25) is 0 Å². The van der Waals surface area contributed by atoms with Crippen molar-refractivity contribution in [2.75, 3.05) is 18.5 Å². The molecule has 0 radical (unpaired) electrons. The van der Waals surface area contributed by atoms with Crippen molar-refractivity contribution in [2.45, 2.75) is 206 Å². The van der Waals surface area contributed by atoms with Crippen molar-refractivity contribution in [1.82, 2.24) is 0 Å². The van der Waals surface area contributed by atoms with Crippen molar-refractivity contribution in [2.24, 2.45) is 0 Å². The number of carbonyl (C=O) groups is 3. The number of halogens is 2. The van der Waals surface area contributed by atoms with Crippen molar-refractivity contribution in [3.63, 3.8) is 0 Å². The molecule has 0 bridgehead atoms. The van der Waals surface area contributed by atoms with E-state index in [1.54, 1.807) is 18.2 Å². The highest BCUT2D eigenvalue weighted by Gasteiger charge is 2.21. The molecule has 9 heteroatoms. The van der Waals surface area contributed by atoms with Gasteiger partial charge in [-0.1, -0.05) is 215 Å². The van der Waals surface area contributed by atoms with E-state index in [4.69, 9.17) is 37.4 Å². The first-order chi connectivity index (χ1) is 28.3. The first kappa shape index (κ1) is 51.4. The van der Waals surface area contributed by atoms with Gasteiger partial charge in [0, 0.05) is 18.5 Å². The fourth-order valence-corrected chi connectivity index (χ4v) is 7.63. The van der Waals surface area contributed by atoms with E-state index in [0.29, 0.717) is 39.8 Å². The maximum atomic E-state index is 13.3.